The number of hydrogen-bond acceptors (Lipinski definition) is 3. The van der Waals surface area contributed by atoms with Gasteiger partial charge in [-0.05, 0) is 12.1 Å². The SMILES string of the molecule is NS1(=O)=NC(=O)c2nc(Cl)ccc21. The molecule has 0 radical (unpaired) electrons. The van der Waals surface area contributed by atoms with Gasteiger partial charge >= 0.3 is 5.91 Å². The van der Waals surface area contributed by atoms with E-state index in [1.54, 1.807) is 0 Å². The molecule has 1 aromatic heterocycles. The third-order valence-electron chi connectivity index (χ3n) is 1.56. The number of carbonyl (C=O) groups is 1. The second-order valence-corrected chi connectivity index (χ2v) is 4.59. The van der Waals surface area contributed by atoms with Gasteiger partial charge in [0.1, 0.15) is 15.1 Å². The van der Waals surface area contributed by atoms with Gasteiger partial charge in [-0.15, -0.1) is 4.36 Å². The van der Waals surface area contributed by atoms with E-state index in [0.717, 1.165) is 0 Å². The molecule has 0 saturated carbocycles. The van der Waals surface area contributed by atoms with Gasteiger partial charge in [0.25, 0.3) is 0 Å². The van der Waals surface area contributed by atoms with Crippen LogP contribution in [0.15, 0.2) is 21.4 Å². The highest BCUT2D eigenvalue weighted by Gasteiger charge is 2.27. The van der Waals surface area contributed by atoms with E-state index in [9.17, 15) is 9.00 Å². The first-order valence-corrected chi connectivity index (χ1v) is 5.22. The lowest BCUT2D eigenvalue weighted by Gasteiger charge is -1.97. The Morgan fingerprint density at radius 2 is 2.15 bits per heavy atom. The summed E-state index contributed by atoms with van der Waals surface area (Å²) in [5.41, 5.74) is -0.0139. The normalized spacial score (nSPS) is 25.5. The van der Waals surface area contributed by atoms with Gasteiger partial charge in [0, 0.05) is 0 Å². The minimum atomic E-state index is -3.07. The molecule has 68 valence electrons. The molecule has 0 spiro atoms. The highest BCUT2D eigenvalue weighted by Crippen LogP contribution is 2.23. The van der Waals surface area contributed by atoms with Crippen molar-refractivity contribution < 1.29 is 9.00 Å². The molecule has 1 aromatic rings. The molecule has 0 aliphatic carbocycles. The van der Waals surface area contributed by atoms with E-state index in [4.69, 9.17) is 16.7 Å². The number of hydrogen-bond donors (Lipinski definition) is 1. The van der Waals surface area contributed by atoms with Crippen molar-refractivity contribution in [3.05, 3.63) is 23.0 Å². The van der Waals surface area contributed by atoms with Crippen molar-refractivity contribution in [1.82, 2.24) is 4.98 Å². The second kappa shape index (κ2) is 2.50. The van der Waals surface area contributed by atoms with Crippen molar-refractivity contribution in [3.63, 3.8) is 0 Å². The highest BCUT2D eigenvalue weighted by atomic mass is 35.5. The van der Waals surface area contributed by atoms with Crippen LogP contribution in [-0.4, -0.2) is 15.1 Å². The summed E-state index contributed by atoms with van der Waals surface area (Å²) in [6.45, 7) is 0. The summed E-state index contributed by atoms with van der Waals surface area (Å²) in [5.74, 6) is -0.676. The van der Waals surface area contributed by atoms with E-state index in [1.165, 1.54) is 12.1 Å². The predicted molar refractivity (Wildman–Crippen MR) is 46.6 cm³/mol. The lowest BCUT2D eigenvalue weighted by molar-refractivity contribution is 0.100. The third kappa shape index (κ3) is 1.23. The van der Waals surface area contributed by atoms with Crippen LogP contribution < -0.4 is 5.14 Å². The quantitative estimate of drug-likeness (QED) is 0.646. The van der Waals surface area contributed by atoms with Crippen LogP contribution in [0, 0.1) is 0 Å². The Kier molecular flexibility index (Phi) is 1.66. The number of rotatable bonds is 0. The molecule has 13 heavy (non-hydrogen) atoms. The van der Waals surface area contributed by atoms with Crippen LogP contribution in [0.4, 0.5) is 0 Å². The summed E-state index contributed by atoms with van der Waals surface area (Å²) < 4.78 is 14.7. The van der Waals surface area contributed by atoms with E-state index in [2.05, 4.69) is 9.35 Å². The molecule has 1 atom stereocenters. The molecule has 1 aliphatic heterocycles. The van der Waals surface area contributed by atoms with Crippen LogP contribution in [0.25, 0.3) is 0 Å². The van der Waals surface area contributed by atoms with Gasteiger partial charge in [-0.3, -0.25) is 4.79 Å². The van der Waals surface area contributed by atoms with Crippen molar-refractivity contribution in [3.8, 4) is 0 Å². The summed E-state index contributed by atoms with van der Waals surface area (Å²) in [6, 6.07) is 2.82. The van der Waals surface area contributed by atoms with Gasteiger partial charge in [-0.25, -0.2) is 14.3 Å². The summed E-state index contributed by atoms with van der Waals surface area (Å²) in [5, 5.41) is 5.44. The molecule has 7 heteroatoms. The van der Waals surface area contributed by atoms with Crippen LogP contribution in [0.1, 0.15) is 10.5 Å². The first-order chi connectivity index (χ1) is 6.00. The molecule has 0 bridgehead atoms. The fourth-order valence-corrected chi connectivity index (χ4v) is 2.28. The van der Waals surface area contributed by atoms with Crippen molar-refractivity contribution in [2.75, 3.05) is 0 Å². The van der Waals surface area contributed by atoms with E-state index < -0.39 is 15.8 Å². The summed E-state index contributed by atoms with van der Waals surface area (Å²) in [7, 11) is -3.07. The van der Waals surface area contributed by atoms with Gasteiger partial charge in [0.2, 0.25) is 0 Å². The Morgan fingerprint density at radius 1 is 1.46 bits per heavy atom. The molecule has 1 aliphatic rings. The molecule has 2 N–H and O–H groups in total. The Morgan fingerprint density at radius 3 is 2.85 bits per heavy atom. The molecule has 0 fully saturated rings. The lowest BCUT2D eigenvalue weighted by atomic mass is 10.3. The zero-order valence-electron chi connectivity index (χ0n) is 6.23. The van der Waals surface area contributed by atoms with E-state index in [1.807, 2.05) is 0 Å². The predicted octanol–water partition coefficient (Wildman–Crippen LogP) is 0.589. The number of aromatic nitrogens is 1. The summed E-state index contributed by atoms with van der Waals surface area (Å²) >= 11 is 5.54. The van der Waals surface area contributed by atoms with E-state index >= 15 is 0 Å². The molecular formula is C6H4ClN3O2S. The lowest BCUT2D eigenvalue weighted by Crippen LogP contribution is -2.09. The Labute approximate surface area is 79.2 Å². The van der Waals surface area contributed by atoms with E-state index in [0.29, 0.717) is 0 Å². The minimum Gasteiger partial charge on any atom is -0.264 e. The van der Waals surface area contributed by atoms with Crippen molar-refractivity contribution >= 4 is 27.4 Å². The Hall–Kier alpha value is -0.980. The molecule has 5 nitrogen and oxygen atoms in total. The smallest absolute Gasteiger partial charge is 0.264 e. The highest BCUT2D eigenvalue weighted by molar-refractivity contribution is 7.92. The Bertz CT molecular complexity index is 519. The number of nitrogens with zero attached hydrogens (tertiary/aromatic N) is 2. The molecule has 0 aromatic carbocycles. The molecule has 2 rings (SSSR count). The monoisotopic (exact) mass is 217 g/mol. The van der Waals surface area contributed by atoms with Gasteiger partial charge in [-0.1, -0.05) is 11.6 Å². The number of carbonyl (C=O) groups excluding carboxylic acids is 1. The molecule has 1 amide bonds. The van der Waals surface area contributed by atoms with Crippen LogP contribution >= 0.6 is 11.6 Å². The summed E-state index contributed by atoms with van der Waals surface area (Å²) in [6.07, 6.45) is 0. The molecule has 2 heterocycles. The largest absolute Gasteiger partial charge is 0.306 e. The minimum absolute atomic E-state index is 0.0139. The molecule has 1 unspecified atom stereocenters. The number of halogens is 1. The first-order valence-electron chi connectivity index (χ1n) is 3.26. The molecule has 0 saturated heterocycles. The second-order valence-electron chi connectivity index (χ2n) is 2.45. The average Bonchev–Trinajstić information content (AvgIpc) is 2.22. The third-order valence-corrected chi connectivity index (χ3v) is 3.17. The van der Waals surface area contributed by atoms with Crippen molar-refractivity contribution in [1.29, 1.82) is 0 Å². The van der Waals surface area contributed by atoms with Crippen LogP contribution in [-0.2, 0) is 9.92 Å². The maximum absolute atomic E-state index is 11.4. The van der Waals surface area contributed by atoms with Crippen LogP contribution in [0.2, 0.25) is 5.15 Å². The van der Waals surface area contributed by atoms with Crippen molar-refractivity contribution in [2.24, 2.45) is 9.50 Å². The van der Waals surface area contributed by atoms with Crippen LogP contribution in [0.5, 0.6) is 0 Å². The zero-order valence-corrected chi connectivity index (χ0v) is 7.80. The van der Waals surface area contributed by atoms with Gasteiger partial charge < -0.3 is 0 Å². The first kappa shape index (κ1) is 8.61. The maximum Gasteiger partial charge on any atom is 0.306 e. The van der Waals surface area contributed by atoms with Gasteiger partial charge in [0.15, 0.2) is 5.69 Å². The number of pyridine rings is 1. The average molecular weight is 218 g/mol. The standard InChI is InChI=1S/C6H4ClN3O2S/c7-4-2-1-3-5(9-4)6(11)10-13(3,8)12/h1-2H,(H2,8,10,11,12). The van der Waals surface area contributed by atoms with Gasteiger partial charge in [-0.2, -0.15) is 0 Å². The Balaban J connectivity index is 2.83. The van der Waals surface area contributed by atoms with Crippen LogP contribution in [0.3, 0.4) is 0 Å². The van der Waals surface area contributed by atoms with Gasteiger partial charge in [0.05, 0.1) is 4.90 Å². The number of amides is 1. The fourth-order valence-electron chi connectivity index (χ4n) is 1.03. The molecular weight excluding hydrogens is 214 g/mol. The maximum atomic E-state index is 11.4. The summed E-state index contributed by atoms with van der Waals surface area (Å²) in [4.78, 5) is 14.9. The fraction of sp³-hybridized carbons (Fsp3) is 0. The van der Waals surface area contributed by atoms with E-state index in [-0.39, 0.29) is 15.7 Å². The topological polar surface area (TPSA) is 85.4 Å². The number of nitrogens with two attached hydrogens (primary N) is 1. The zero-order chi connectivity index (χ0) is 9.64. The number of fused-ring (bicyclic) bond motifs is 1. The van der Waals surface area contributed by atoms with Crippen molar-refractivity contribution in [2.45, 2.75) is 4.90 Å².